The van der Waals surface area contributed by atoms with Crippen molar-refractivity contribution in [2.24, 2.45) is 10.9 Å². The number of likely N-dealkylation sites (tertiary alicyclic amines) is 1. The van der Waals surface area contributed by atoms with Gasteiger partial charge in [-0.25, -0.2) is 0 Å². The summed E-state index contributed by atoms with van der Waals surface area (Å²) in [7, 11) is 1.84. The quantitative estimate of drug-likeness (QED) is 0.414. The van der Waals surface area contributed by atoms with Gasteiger partial charge in [0.05, 0.1) is 0 Å². The highest BCUT2D eigenvalue weighted by Gasteiger charge is 2.21. The van der Waals surface area contributed by atoms with Crippen LogP contribution in [0.15, 0.2) is 29.3 Å². The van der Waals surface area contributed by atoms with Gasteiger partial charge in [0.15, 0.2) is 5.96 Å². The van der Waals surface area contributed by atoms with E-state index in [2.05, 4.69) is 58.6 Å². The standard InChI is InChI=1S/C18H30N4.HI/c1-4-10-22-11-9-16(14-22)12-20-18(19-3)21-13-17-8-6-5-7-15(17)2;/h5-8,16H,4,9-14H2,1-3H3,(H2,19,20,21);1H. The summed E-state index contributed by atoms with van der Waals surface area (Å²) in [5.74, 6) is 1.64. The van der Waals surface area contributed by atoms with Crippen LogP contribution in [0.5, 0.6) is 0 Å². The molecule has 1 saturated heterocycles. The zero-order valence-electron chi connectivity index (χ0n) is 14.6. The maximum atomic E-state index is 4.33. The van der Waals surface area contributed by atoms with E-state index >= 15 is 0 Å². The molecule has 1 aromatic rings. The van der Waals surface area contributed by atoms with Gasteiger partial charge in [-0.3, -0.25) is 4.99 Å². The molecule has 2 N–H and O–H groups in total. The molecule has 2 rings (SSSR count). The Hall–Kier alpha value is -0.820. The predicted molar refractivity (Wildman–Crippen MR) is 110 cm³/mol. The number of halogens is 1. The molecule has 0 aromatic heterocycles. The lowest BCUT2D eigenvalue weighted by Crippen LogP contribution is -2.40. The molecule has 0 saturated carbocycles. The largest absolute Gasteiger partial charge is 0.356 e. The van der Waals surface area contributed by atoms with Crippen molar-refractivity contribution in [1.82, 2.24) is 15.5 Å². The first-order valence-electron chi connectivity index (χ1n) is 8.44. The van der Waals surface area contributed by atoms with Crippen molar-refractivity contribution < 1.29 is 0 Å². The van der Waals surface area contributed by atoms with Gasteiger partial charge in [-0.2, -0.15) is 0 Å². The van der Waals surface area contributed by atoms with Gasteiger partial charge in [0, 0.05) is 26.7 Å². The van der Waals surface area contributed by atoms with Gasteiger partial charge >= 0.3 is 0 Å². The Bertz CT molecular complexity index is 490. The lowest BCUT2D eigenvalue weighted by molar-refractivity contribution is 0.324. The molecule has 1 unspecified atom stereocenters. The van der Waals surface area contributed by atoms with Crippen molar-refractivity contribution in [2.75, 3.05) is 33.2 Å². The molecule has 1 aliphatic rings. The summed E-state index contributed by atoms with van der Waals surface area (Å²) in [6.45, 7) is 9.92. The van der Waals surface area contributed by atoms with Gasteiger partial charge in [0.2, 0.25) is 0 Å². The fraction of sp³-hybridized carbons (Fsp3) is 0.611. The number of benzene rings is 1. The normalized spacial score (nSPS) is 18.6. The molecule has 5 heteroatoms. The Morgan fingerprint density at radius 3 is 2.78 bits per heavy atom. The summed E-state index contributed by atoms with van der Waals surface area (Å²) >= 11 is 0. The van der Waals surface area contributed by atoms with Crippen LogP contribution >= 0.6 is 24.0 Å². The summed E-state index contributed by atoms with van der Waals surface area (Å²) in [6, 6.07) is 8.47. The second-order valence-electron chi connectivity index (χ2n) is 6.19. The first-order valence-corrected chi connectivity index (χ1v) is 8.44. The van der Waals surface area contributed by atoms with E-state index in [0.29, 0.717) is 0 Å². The van der Waals surface area contributed by atoms with Crippen molar-refractivity contribution in [3.05, 3.63) is 35.4 Å². The molecule has 0 spiro atoms. The van der Waals surface area contributed by atoms with E-state index in [4.69, 9.17) is 0 Å². The van der Waals surface area contributed by atoms with E-state index in [1.54, 1.807) is 0 Å². The Kier molecular flexibility index (Phi) is 9.55. The summed E-state index contributed by atoms with van der Waals surface area (Å²) in [5, 5.41) is 6.89. The average Bonchev–Trinajstić information content (AvgIpc) is 2.97. The molecule has 1 heterocycles. The number of guanidine groups is 1. The van der Waals surface area contributed by atoms with Gasteiger partial charge in [-0.15, -0.1) is 24.0 Å². The molecule has 1 fully saturated rings. The SMILES string of the molecule is CCCN1CCC(CNC(=NC)NCc2ccccc2C)C1.I. The van der Waals surface area contributed by atoms with Gasteiger partial charge < -0.3 is 15.5 Å². The second kappa shape index (κ2) is 10.9. The number of hydrogen-bond acceptors (Lipinski definition) is 2. The molecule has 4 nitrogen and oxygen atoms in total. The highest BCUT2D eigenvalue weighted by atomic mass is 127. The minimum atomic E-state index is 0. The molecular weight excluding hydrogens is 399 g/mol. The first kappa shape index (κ1) is 20.2. The Morgan fingerprint density at radius 2 is 2.09 bits per heavy atom. The van der Waals surface area contributed by atoms with E-state index in [-0.39, 0.29) is 24.0 Å². The third kappa shape index (κ3) is 6.67. The lowest BCUT2D eigenvalue weighted by Gasteiger charge is -2.17. The van der Waals surface area contributed by atoms with Crippen molar-refractivity contribution >= 4 is 29.9 Å². The summed E-state index contributed by atoms with van der Waals surface area (Å²) < 4.78 is 0. The number of nitrogens with zero attached hydrogens (tertiary/aromatic N) is 2. The molecule has 1 atom stereocenters. The fourth-order valence-electron chi connectivity index (χ4n) is 3.05. The number of rotatable bonds is 6. The maximum Gasteiger partial charge on any atom is 0.191 e. The molecule has 23 heavy (non-hydrogen) atoms. The average molecular weight is 430 g/mol. The van der Waals surface area contributed by atoms with E-state index < -0.39 is 0 Å². The Morgan fingerprint density at radius 1 is 1.30 bits per heavy atom. The molecule has 0 bridgehead atoms. The highest BCUT2D eigenvalue weighted by molar-refractivity contribution is 14.0. The number of aliphatic imine (C=N–C) groups is 1. The molecule has 0 aliphatic carbocycles. The number of hydrogen-bond donors (Lipinski definition) is 2. The molecule has 0 radical (unpaired) electrons. The second-order valence-corrected chi connectivity index (χ2v) is 6.19. The summed E-state index contributed by atoms with van der Waals surface area (Å²) in [4.78, 5) is 6.90. The van der Waals surface area contributed by atoms with Crippen molar-refractivity contribution in [3.8, 4) is 0 Å². The van der Waals surface area contributed by atoms with Gasteiger partial charge in [-0.1, -0.05) is 31.2 Å². The maximum absolute atomic E-state index is 4.33. The lowest BCUT2D eigenvalue weighted by atomic mass is 10.1. The first-order chi connectivity index (χ1) is 10.7. The van der Waals surface area contributed by atoms with Gasteiger partial charge in [-0.05, 0) is 49.9 Å². The topological polar surface area (TPSA) is 39.7 Å². The third-order valence-corrected chi connectivity index (χ3v) is 4.40. The smallest absolute Gasteiger partial charge is 0.191 e. The zero-order valence-corrected chi connectivity index (χ0v) is 17.0. The van der Waals surface area contributed by atoms with Crippen LogP contribution in [0, 0.1) is 12.8 Å². The van der Waals surface area contributed by atoms with Crippen LogP contribution in [0.1, 0.15) is 30.9 Å². The van der Waals surface area contributed by atoms with Crippen molar-refractivity contribution in [2.45, 2.75) is 33.2 Å². The van der Waals surface area contributed by atoms with Crippen LogP contribution in [-0.4, -0.2) is 44.1 Å². The Balaban J connectivity index is 0.00000264. The third-order valence-electron chi connectivity index (χ3n) is 4.40. The summed E-state index contributed by atoms with van der Waals surface area (Å²) in [5.41, 5.74) is 2.64. The van der Waals surface area contributed by atoms with Crippen LogP contribution in [0.2, 0.25) is 0 Å². The molecule has 130 valence electrons. The van der Waals surface area contributed by atoms with Crippen LogP contribution in [-0.2, 0) is 6.54 Å². The van der Waals surface area contributed by atoms with Crippen LogP contribution in [0.3, 0.4) is 0 Å². The highest BCUT2D eigenvalue weighted by Crippen LogP contribution is 2.15. The fourth-order valence-corrected chi connectivity index (χ4v) is 3.05. The monoisotopic (exact) mass is 430 g/mol. The van der Waals surface area contributed by atoms with Crippen LogP contribution in [0.4, 0.5) is 0 Å². The van der Waals surface area contributed by atoms with Crippen molar-refractivity contribution in [1.29, 1.82) is 0 Å². The molecule has 1 aromatic carbocycles. The minimum absolute atomic E-state index is 0. The minimum Gasteiger partial charge on any atom is -0.356 e. The van der Waals surface area contributed by atoms with Crippen molar-refractivity contribution in [3.63, 3.8) is 0 Å². The van der Waals surface area contributed by atoms with E-state index in [0.717, 1.165) is 25.0 Å². The molecule has 1 aliphatic heterocycles. The number of aryl methyl sites for hydroxylation is 1. The molecule has 0 amide bonds. The van der Waals surface area contributed by atoms with E-state index in [1.165, 1.54) is 43.6 Å². The van der Waals surface area contributed by atoms with E-state index in [9.17, 15) is 0 Å². The van der Waals surface area contributed by atoms with Crippen LogP contribution in [0.25, 0.3) is 0 Å². The van der Waals surface area contributed by atoms with Gasteiger partial charge in [0.1, 0.15) is 0 Å². The van der Waals surface area contributed by atoms with Crippen LogP contribution < -0.4 is 10.6 Å². The predicted octanol–water partition coefficient (Wildman–Crippen LogP) is 3.01. The zero-order chi connectivity index (χ0) is 15.8. The van der Waals surface area contributed by atoms with Gasteiger partial charge in [0.25, 0.3) is 0 Å². The molecular formula is C18H31IN4. The summed E-state index contributed by atoms with van der Waals surface area (Å²) in [6.07, 6.45) is 2.54. The van der Waals surface area contributed by atoms with E-state index in [1.807, 2.05) is 7.05 Å². The Labute approximate surface area is 158 Å². The number of nitrogens with one attached hydrogen (secondary N) is 2.